The standard InChI is InChI=1S/C26H29N5O3S/c1-33-17-23(32)28-18-9-11-19(12-10-18)31-25(24(29-26(31)35)21-7-2-3-13-27-21)22-8-4-14-30(22)16-20-6-5-15-34-20/h2-4,7-14,20,24-25H,5-6,15-17H2,1H3,(H,28,32)(H,29,35)/t20-,24+,25-/m0/s1. The van der Waals surface area contributed by atoms with Gasteiger partial charge in [0.05, 0.1) is 17.8 Å². The predicted octanol–water partition coefficient (Wildman–Crippen LogP) is 3.82. The number of benzene rings is 1. The average molecular weight is 492 g/mol. The van der Waals surface area contributed by atoms with Crippen LogP contribution in [0.2, 0.25) is 0 Å². The van der Waals surface area contributed by atoms with E-state index in [1.807, 2.05) is 48.7 Å². The summed E-state index contributed by atoms with van der Waals surface area (Å²) in [5.41, 5.74) is 3.70. The van der Waals surface area contributed by atoms with Crippen molar-refractivity contribution in [3.05, 3.63) is 78.4 Å². The van der Waals surface area contributed by atoms with Gasteiger partial charge < -0.3 is 29.6 Å². The SMILES string of the molecule is COCC(=O)Nc1ccc(N2C(=S)N[C@H](c3ccccn3)[C@@H]2c2cccn2C[C@@H]2CCCO2)cc1. The Morgan fingerprint density at radius 1 is 1.23 bits per heavy atom. The number of hydrogen-bond donors (Lipinski definition) is 2. The monoisotopic (exact) mass is 491 g/mol. The number of carbonyl (C=O) groups is 1. The molecule has 2 aromatic heterocycles. The van der Waals surface area contributed by atoms with Crippen LogP contribution in [0.3, 0.4) is 0 Å². The predicted molar refractivity (Wildman–Crippen MR) is 138 cm³/mol. The maximum absolute atomic E-state index is 11.9. The van der Waals surface area contributed by atoms with Crippen LogP contribution < -0.4 is 15.5 Å². The molecule has 9 heteroatoms. The van der Waals surface area contributed by atoms with Gasteiger partial charge in [0, 0.05) is 49.7 Å². The van der Waals surface area contributed by atoms with Crippen LogP contribution in [0.15, 0.2) is 67.0 Å². The molecule has 182 valence electrons. The molecule has 0 bridgehead atoms. The summed E-state index contributed by atoms with van der Waals surface area (Å²) in [6.45, 7) is 1.64. The number of ether oxygens (including phenoxy) is 2. The highest BCUT2D eigenvalue weighted by Crippen LogP contribution is 2.42. The van der Waals surface area contributed by atoms with E-state index in [4.69, 9.17) is 21.7 Å². The quantitative estimate of drug-likeness (QED) is 0.464. The molecule has 3 aromatic rings. The molecule has 2 aliphatic rings. The highest BCUT2D eigenvalue weighted by Gasteiger charge is 2.42. The molecule has 0 unspecified atom stereocenters. The zero-order valence-corrected chi connectivity index (χ0v) is 20.4. The third-order valence-corrected chi connectivity index (χ3v) is 6.71. The van der Waals surface area contributed by atoms with E-state index in [0.29, 0.717) is 10.8 Å². The Balaban J connectivity index is 1.48. The van der Waals surface area contributed by atoms with Crippen LogP contribution in [-0.2, 0) is 20.8 Å². The van der Waals surface area contributed by atoms with Crippen LogP contribution in [0.5, 0.6) is 0 Å². The molecule has 2 aliphatic heterocycles. The summed E-state index contributed by atoms with van der Waals surface area (Å²) < 4.78 is 13.1. The van der Waals surface area contributed by atoms with Crippen LogP contribution >= 0.6 is 12.2 Å². The van der Waals surface area contributed by atoms with Gasteiger partial charge in [0.2, 0.25) is 5.91 Å². The lowest BCUT2D eigenvalue weighted by atomic mass is 10.0. The third-order valence-electron chi connectivity index (χ3n) is 6.39. The van der Waals surface area contributed by atoms with Gasteiger partial charge in [-0.1, -0.05) is 6.07 Å². The van der Waals surface area contributed by atoms with E-state index in [-0.39, 0.29) is 30.7 Å². The van der Waals surface area contributed by atoms with Gasteiger partial charge in [0.15, 0.2) is 5.11 Å². The lowest BCUT2D eigenvalue weighted by Crippen LogP contribution is -2.31. The number of nitrogens with one attached hydrogen (secondary N) is 2. The van der Waals surface area contributed by atoms with Crippen LogP contribution in [0, 0.1) is 0 Å². The van der Waals surface area contributed by atoms with Crippen molar-refractivity contribution in [3.63, 3.8) is 0 Å². The molecule has 3 atom stereocenters. The summed E-state index contributed by atoms with van der Waals surface area (Å²) in [6.07, 6.45) is 6.32. The number of methoxy groups -OCH3 is 1. The zero-order chi connectivity index (χ0) is 24.2. The van der Waals surface area contributed by atoms with E-state index >= 15 is 0 Å². The number of nitrogens with zero attached hydrogens (tertiary/aromatic N) is 3. The number of anilines is 2. The first kappa shape index (κ1) is 23.5. The second-order valence-corrected chi connectivity index (χ2v) is 9.13. The van der Waals surface area contributed by atoms with Crippen LogP contribution in [-0.4, -0.2) is 47.0 Å². The Hall–Kier alpha value is -3.27. The van der Waals surface area contributed by atoms with E-state index in [0.717, 1.165) is 43.1 Å². The van der Waals surface area contributed by atoms with Crippen molar-refractivity contribution in [3.8, 4) is 0 Å². The molecule has 4 heterocycles. The minimum Gasteiger partial charge on any atom is -0.376 e. The van der Waals surface area contributed by atoms with Crippen molar-refractivity contribution in [2.24, 2.45) is 0 Å². The summed E-state index contributed by atoms with van der Waals surface area (Å²) >= 11 is 5.84. The van der Waals surface area contributed by atoms with Crippen molar-refractivity contribution < 1.29 is 14.3 Å². The molecule has 2 saturated heterocycles. The number of rotatable bonds is 8. The second-order valence-electron chi connectivity index (χ2n) is 8.75. The summed E-state index contributed by atoms with van der Waals surface area (Å²) in [5, 5.41) is 6.97. The molecule has 8 nitrogen and oxygen atoms in total. The first-order chi connectivity index (χ1) is 17.1. The Morgan fingerprint density at radius 3 is 2.80 bits per heavy atom. The summed E-state index contributed by atoms with van der Waals surface area (Å²) in [4.78, 5) is 18.7. The summed E-state index contributed by atoms with van der Waals surface area (Å²) in [5.74, 6) is -0.196. The van der Waals surface area contributed by atoms with E-state index in [1.54, 1.807) is 0 Å². The smallest absolute Gasteiger partial charge is 0.250 e. The van der Waals surface area contributed by atoms with Crippen molar-refractivity contribution in [2.45, 2.75) is 37.6 Å². The maximum atomic E-state index is 11.9. The molecule has 2 N–H and O–H groups in total. The number of aromatic nitrogens is 2. The van der Waals surface area contributed by atoms with Gasteiger partial charge in [-0.15, -0.1) is 0 Å². The zero-order valence-electron chi connectivity index (χ0n) is 19.6. The van der Waals surface area contributed by atoms with Gasteiger partial charge in [-0.2, -0.15) is 0 Å². The fourth-order valence-corrected chi connectivity index (χ4v) is 5.18. The maximum Gasteiger partial charge on any atom is 0.250 e. The Bertz CT molecular complexity index is 1160. The normalized spacial score (nSPS) is 21.8. The molecular formula is C26H29N5O3S. The molecule has 0 radical (unpaired) electrons. The number of hydrogen-bond acceptors (Lipinski definition) is 5. The van der Waals surface area contributed by atoms with Crippen molar-refractivity contribution in [1.29, 1.82) is 0 Å². The molecule has 5 rings (SSSR count). The largest absolute Gasteiger partial charge is 0.376 e. The Kier molecular flexibility index (Phi) is 7.08. The fourth-order valence-electron chi connectivity index (χ4n) is 4.84. The first-order valence-electron chi connectivity index (χ1n) is 11.8. The highest BCUT2D eigenvalue weighted by molar-refractivity contribution is 7.80. The average Bonchev–Trinajstić information content (AvgIpc) is 3.61. The van der Waals surface area contributed by atoms with E-state index in [1.165, 1.54) is 7.11 Å². The van der Waals surface area contributed by atoms with E-state index < -0.39 is 0 Å². The molecule has 0 aliphatic carbocycles. The minimum atomic E-state index is -0.196. The van der Waals surface area contributed by atoms with Crippen molar-refractivity contribution >= 4 is 34.6 Å². The molecule has 0 saturated carbocycles. The van der Waals surface area contributed by atoms with Crippen LogP contribution in [0.1, 0.15) is 36.3 Å². The number of carbonyl (C=O) groups excluding carboxylic acids is 1. The van der Waals surface area contributed by atoms with Gasteiger partial charge >= 0.3 is 0 Å². The lowest BCUT2D eigenvalue weighted by molar-refractivity contribution is -0.119. The lowest BCUT2D eigenvalue weighted by Gasteiger charge is -2.29. The molecule has 1 aromatic carbocycles. The molecule has 2 fully saturated rings. The van der Waals surface area contributed by atoms with Gasteiger partial charge in [-0.3, -0.25) is 9.78 Å². The topological polar surface area (TPSA) is 80.7 Å². The molecule has 0 spiro atoms. The van der Waals surface area contributed by atoms with E-state index in [2.05, 4.69) is 43.4 Å². The molecular weight excluding hydrogens is 462 g/mol. The van der Waals surface area contributed by atoms with Gasteiger partial charge in [0.1, 0.15) is 12.6 Å². The van der Waals surface area contributed by atoms with E-state index in [9.17, 15) is 4.79 Å². The van der Waals surface area contributed by atoms with Gasteiger partial charge in [-0.05, 0) is 73.6 Å². The van der Waals surface area contributed by atoms with Gasteiger partial charge in [-0.25, -0.2) is 0 Å². The third kappa shape index (κ3) is 5.07. The van der Waals surface area contributed by atoms with Crippen LogP contribution in [0.4, 0.5) is 11.4 Å². The minimum absolute atomic E-state index is 0.0113. The number of amides is 1. The summed E-state index contributed by atoms with van der Waals surface area (Å²) in [7, 11) is 1.50. The highest BCUT2D eigenvalue weighted by atomic mass is 32.1. The van der Waals surface area contributed by atoms with Crippen molar-refractivity contribution in [2.75, 3.05) is 30.5 Å². The second kappa shape index (κ2) is 10.6. The molecule has 35 heavy (non-hydrogen) atoms. The summed E-state index contributed by atoms with van der Waals surface area (Å²) in [6, 6.07) is 17.6. The fraction of sp³-hybridized carbons (Fsp3) is 0.346. The van der Waals surface area contributed by atoms with Crippen molar-refractivity contribution in [1.82, 2.24) is 14.9 Å². The Labute approximate surface area is 210 Å². The van der Waals surface area contributed by atoms with Crippen LogP contribution in [0.25, 0.3) is 0 Å². The Morgan fingerprint density at radius 2 is 2.09 bits per heavy atom. The molecule has 1 amide bonds. The first-order valence-corrected chi connectivity index (χ1v) is 12.2. The number of pyridine rings is 1. The number of thiocarbonyl (C=S) groups is 1. The van der Waals surface area contributed by atoms with Gasteiger partial charge in [0.25, 0.3) is 0 Å².